The topological polar surface area (TPSA) is 93.3 Å². The van der Waals surface area contributed by atoms with E-state index in [9.17, 15) is 9.59 Å². The van der Waals surface area contributed by atoms with Crippen molar-refractivity contribution in [1.29, 1.82) is 0 Å². The standard InChI is InChI=1S/C20H21N3O4/c1-2-26-19(24)17(11-15-12-22-18-16(15)9-6-10-21-18)23-20(25)27-13-14-7-4-3-5-8-14/h3-10,12,17H,2,11,13H2,1H3,(H,21,22)(H,23,25). The fourth-order valence-corrected chi connectivity index (χ4v) is 2.74. The summed E-state index contributed by atoms with van der Waals surface area (Å²) in [5.41, 5.74) is 2.45. The maximum Gasteiger partial charge on any atom is 0.408 e. The van der Waals surface area contributed by atoms with Crippen LogP contribution in [0.4, 0.5) is 4.79 Å². The van der Waals surface area contributed by atoms with Crippen molar-refractivity contribution >= 4 is 23.1 Å². The van der Waals surface area contributed by atoms with E-state index < -0.39 is 18.1 Å². The lowest BCUT2D eigenvalue weighted by Crippen LogP contribution is -2.43. The third-order valence-corrected chi connectivity index (χ3v) is 4.04. The second-order valence-electron chi connectivity index (χ2n) is 5.93. The number of amides is 1. The Balaban J connectivity index is 1.67. The lowest BCUT2D eigenvalue weighted by molar-refractivity contribution is -0.145. The van der Waals surface area contributed by atoms with Gasteiger partial charge < -0.3 is 19.8 Å². The number of rotatable bonds is 7. The van der Waals surface area contributed by atoms with Gasteiger partial charge in [0.15, 0.2) is 0 Å². The third-order valence-electron chi connectivity index (χ3n) is 4.04. The zero-order valence-corrected chi connectivity index (χ0v) is 15.0. The predicted molar refractivity (Wildman–Crippen MR) is 100.0 cm³/mol. The van der Waals surface area contributed by atoms with Gasteiger partial charge in [0.1, 0.15) is 18.3 Å². The SMILES string of the molecule is CCOC(=O)C(Cc1c[nH]c2ncccc12)NC(=O)OCc1ccccc1. The van der Waals surface area contributed by atoms with Crippen LogP contribution in [-0.4, -0.2) is 34.7 Å². The van der Waals surface area contributed by atoms with Crippen molar-refractivity contribution in [2.75, 3.05) is 6.61 Å². The molecular formula is C20H21N3O4. The number of fused-ring (bicyclic) bond motifs is 1. The van der Waals surface area contributed by atoms with Crippen LogP contribution in [0.15, 0.2) is 54.9 Å². The Hall–Kier alpha value is -3.35. The highest BCUT2D eigenvalue weighted by molar-refractivity contribution is 5.84. The summed E-state index contributed by atoms with van der Waals surface area (Å²) >= 11 is 0. The van der Waals surface area contributed by atoms with Gasteiger partial charge in [0.25, 0.3) is 0 Å². The number of benzene rings is 1. The molecule has 1 atom stereocenters. The quantitative estimate of drug-likeness (QED) is 0.626. The van der Waals surface area contributed by atoms with Crippen LogP contribution in [-0.2, 0) is 27.3 Å². The summed E-state index contributed by atoms with van der Waals surface area (Å²) in [4.78, 5) is 31.8. The van der Waals surface area contributed by atoms with Gasteiger partial charge in [0.2, 0.25) is 0 Å². The van der Waals surface area contributed by atoms with Gasteiger partial charge in [-0.3, -0.25) is 0 Å². The summed E-state index contributed by atoms with van der Waals surface area (Å²) < 4.78 is 10.3. The molecule has 0 radical (unpaired) electrons. The molecule has 140 valence electrons. The molecule has 1 unspecified atom stereocenters. The summed E-state index contributed by atoms with van der Waals surface area (Å²) in [6.45, 7) is 2.07. The highest BCUT2D eigenvalue weighted by Gasteiger charge is 2.24. The second kappa shape index (κ2) is 8.84. The molecule has 2 heterocycles. The van der Waals surface area contributed by atoms with Crippen LogP contribution in [0, 0.1) is 0 Å². The molecule has 1 amide bonds. The van der Waals surface area contributed by atoms with E-state index in [0.717, 1.165) is 22.2 Å². The van der Waals surface area contributed by atoms with Gasteiger partial charge in [-0.15, -0.1) is 0 Å². The largest absolute Gasteiger partial charge is 0.464 e. The molecule has 0 saturated heterocycles. The maximum atomic E-state index is 12.3. The number of nitrogens with one attached hydrogen (secondary N) is 2. The molecule has 3 aromatic rings. The molecule has 3 rings (SSSR count). The van der Waals surface area contributed by atoms with E-state index >= 15 is 0 Å². The van der Waals surface area contributed by atoms with Crippen molar-refractivity contribution in [3.05, 3.63) is 66.0 Å². The van der Waals surface area contributed by atoms with Gasteiger partial charge >= 0.3 is 12.1 Å². The van der Waals surface area contributed by atoms with E-state index in [-0.39, 0.29) is 19.6 Å². The predicted octanol–water partition coefficient (Wildman–Crippen LogP) is 2.96. The van der Waals surface area contributed by atoms with Crippen LogP contribution >= 0.6 is 0 Å². The Labute approximate surface area is 156 Å². The molecular weight excluding hydrogens is 346 g/mol. The van der Waals surface area contributed by atoms with Crippen LogP contribution in [0.5, 0.6) is 0 Å². The number of esters is 1. The molecule has 0 fully saturated rings. The number of pyridine rings is 1. The monoisotopic (exact) mass is 367 g/mol. The number of ether oxygens (including phenoxy) is 2. The number of hydrogen-bond acceptors (Lipinski definition) is 5. The minimum atomic E-state index is -0.854. The van der Waals surface area contributed by atoms with Gasteiger partial charge in [0, 0.05) is 24.2 Å². The number of aromatic amines is 1. The normalized spacial score (nSPS) is 11.7. The highest BCUT2D eigenvalue weighted by atomic mass is 16.6. The molecule has 0 bridgehead atoms. The van der Waals surface area contributed by atoms with E-state index in [2.05, 4.69) is 15.3 Å². The zero-order chi connectivity index (χ0) is 19.1. The minimum absolute atomic E-state index is 0.124. The fraction of sp³-hybridized carbons (Fsp3) is 0.250. The highest BCUT2D eigenvalue weighted by Crippen LogP contribution is 2.17. The van der Waals surface area contributed by atoms with Gasteiger partial charge in [-0.05, 0) is 30.2 Å². The van der Waals surface area contributed by atoms with Crippen LogP contribution in [0.2, 0.25) is 0 Å². The van der Waals surface area contributed by atoms with Crippen molar-refractivity contribution in [3.8, 4) is 0 Å². The number of aromatic nitrogens is 2. The van der Waals surface area contributed by atoms with Gasteiger partial charge in [-0.1, -0.05) is 30.3 Å². The summed E-state index contributed by atoms with van der Waals surface area (Å²) in [5.74, 6) is -0.507. The maximum absolute atomic E-state index is 12.3. The van der Waals surface area contributed by atoms with Crippen LogP contribution < -0.4 is 5.32 Å². The first kappa shape index (κ1) is 18.4. The first-order valence-corrected chi connectivity index (χ1v) is 8.72. The molecule has 0 saturated carbocycles. The van der Waals surface area contributed by atoms with Crippen molar-refractivity contribution in [3.63, 3.8) is 0 Å². The van der Waals surface area contributed by atoms with Crippen LogP contribution in [0.25, 0.3) is 11.0 Å². The Morgan fingerprint density at radius 1 is 1.15 bits per heavy atom. The third kappa shape index (κ3) is 4.84. The summed E-state index contributed by atoms with van der Waals surface area (Å²) in [7, 11) is 0. The summed E-state index contributed by atoms with van der Waals surface area (Å²) in [5, 5.41) is 3.50. The average Bonchev–Trinajstić information content (AvgIpc) is 3.10. The van der Waals surface area contributed by atoms with E-state index in [1.807, 2.05) is 42.5 Å². The number of nitrogens with zero attached hydrogens (tertiary/aromatic N) is 1. The molecule has 0 aliphatic rings. The number of hydrogen-bond donors (Lipinski definition) is 2. The van der Waals surface area contributed by atoms with Crippen molar-refractivity contribution < 1.29 is 19.1 Å². The van der Waals surface area contributed by atoms with E-state index in [1.54, 1.807) is 19.3 Å². The Morgan fingerprint density at radius 2 is 1.96 bits per heavy atom. The van der Waals surface area contributed by atoms with Crippen molar-refractivity contribution in [1.82, 2.24) is 15.3 Å². The first-order chi connectivity index (χ1) is 13.2. The van der Waals surface area contributed by atoms with Gasteiger partial charge in [-0.25, -0.2) is 14.6 Å². The Morgan fingerprint density at radius 3 is 2.74 bits per heavy atom. The molecule has 0 aliphatic carbocycles. The van der Waals surface area contributed by atoms with Crippen molar-refractivity contribution in [2.45, 2.75) is 26.0 Å². The minimum Gasteiger partial charge on any atom is -0.464 e. The molecule has 27 heavy (non-hydrogen) atoms. The van der Waals surface area contributed by atoms with Crippen LogP contribution in [0.1, 0.15) is 18.1 Å². The first-order valence-electron chi connectivity index (χ1n) is 8.72. The number of alkyl carbamates (subject to hydrolysis) is 1. The molecule has 7 nitrogen and oxygen atoms in total. The fourth-order valence-electron chi connectivity index (χ4n) is 2.74. The molecule has 7 heteroatoms. The number of H-pyrrole nitrogens is 1. The summed E-state index contributed by atoms with van der Waals surface area (Å²) in [6, 6.07) is 12.2. The van der Waals surface area contributed by atoms with Gasteiger partial charge in [0.05, 0.1) is 6.61 Å². The smallest absolute Gasteiger partial charge is 0.408 e. The zero-order valence-electron chi connectivity index (χ0n) is 15.0. The number of carbonyl (C=O) groups is 2. The van der Waals surface area contributed by atoms with E-state index in [4.69, 9.17) is 9.47 Å². The molecule has 1 aromatic carbocycles. The molecule has 0 spiro atoms. The van der Waals surface area contributed by atoms with Crippen molar-refractivity contribution in [2.24, 2.45) is 0 Å². The molecule has 2 aromatic heterocycles. The van der Waals surface area contributed by atoms with Gasteiger partial charge in [-0.2, -0.15) is 0 Å². The Bertz CT molecular complexity index is 908. The number of carbonyl (C=O) groups excluding carboxylic acids is 2. The average molecular weight is 367 g/mol. The summed E-state index contributed by atoms with van der Waals surface area (Å²) in [6.07, 6.45) is 3.06. The van der Waals surface area contributed by atoms with E-state index in [1.165, 1.54) is 0 Å². The lowest BCUT2D eigenvalue weighted by atomic mass is 10.1. The van der Waals surface area contributed by atoms with E-state index in [0.29, 0.717) is 0 Å². The lowest BCUT2D eigenvalue weighted by Gasteiger charge is -2.17. The molecule has 2 N–H and O–H groups in total. The Kier molecular flexibility index (Phi) is 6.04. The molecule has 0 aliphatic heterocycles. The van der Waals surface area contributed by atoms with Crippen LogP contribution in [0.3, 0.4) is 0 Å². The second-order valence-corrected chi connectivity index (χ2v) is 5.93.